The average Bonchev–Trinajstić information content (AvgIpc) is 2.87. The molecule has 0 aliphatic carbocycles. The second-order valence-electron chi connectivity index (χ2n) is 2.91. The molecule has 0 spiro atoms. The average molecular weight is 230 g/mol. The highest BCUT2D eigenvalue weighted by molar-refractivity contribution is 7.21. The highest BCUT2D eigenvalue weighted by Crippen LogP contribution is 2.30. The SMILES string of the molecule is CC=CC#Cc1ccc(-c2cccs2)s1. The maximum absolute atomic E-state index is 3.11. The van der Waals surface area contributed by atoms with Crippen LogP contribution < -0.4 is 0 Å². The molecule has 0 saturated carbocycles. The Labute approximate surface area is 97.9 Å². The van der Waals surface area contributed by atoms with Gasteiger partial charge in [0.15, 0.2) is 0 Å². The van der Waals surface area contributed by atoms with Crippen molar-refractivity contribution in [3.05, 3.63) is 46.7 Å². The molecule has 2 rings (SSSR count). The molecule has 2 aromatic heterocycles. The van der Waals surface area contributed by atoms with Gasteiger partial charge in [-0.1, -0.05) is 24.0 Å². The van der Waals surface area contributed by atoms with Crippen molar-refractivity contribution in [1.82, 2.24) is 0 Å². The third-order valence-corrected chi connectivity index (χ3v) is 3.88. The maximum atomic E-state index is 3.11. The number of thiophene rings is 2. The molecule has 2 heterocycles. The summed E-state index contributed by atoms with van der Waals surface area (Å²) in [5.74, 6) is 6.11. The van der Waals surface area contributed by atoms with Crippen molar-refractivity contribution in [2.75, 3.05) is 0 Å². The summed E-state index contributed by atoms with van der Waals surface area (Å²) in [6.07, 6.45) is 3.81. The van der Waals surface area contributed by atoms with Gasteiger partial charge in [0.05, 0.1) is 4.88 Å². The fourth-order valence-corrected chi connectivity index (χ4v) is 2.85. The summed E-state index contributed by atoms with van der Waals surface area (Å²) in [6, 6.07) is 8.43. The zero-order chi connectivity index (χ0) is 10.5. The zero-order valence-corrected chi connectivity index (χ0v) is 9.99. The zero-order valence-electron chi connectivity index (χ0n) is 8.36. The summed E-state index contributed by atoms with van der Waals surface area (Å²) in [5, 5.41) is 2.10. The Kier molecular flexibility index (Phi) is 3.39. The summed E-state index contributed by atoms with van der Waals surface area (Å²) in [4.78, 5) is 3.74. The summed E-state index contributed by atoms with van der Waals surface area (Å²) >= 11 is 3.51. The largest absolute Gasteiger partial charge is 0.143 e. The second kappa shape index (κ2) is 4.97. The Morgan fingerprint density at radius 2 is 2.13 bits per heavy atom. The first-order chi connectivity index (χ1) is 7.40. The Balaban J connectivity index is 2.22. The van der Waals surface area contributed by atoms with E-state index in [0.29, 0.717) is 0 Å². The molecule has 0 saturated heterocycles. The summed E-state index contributed by atoms with van der Waals surface area (Å²) in [6.45, 7) is 1.97. The monoisotopic (exact) mass is 230 g/mol. The van der Waals surface area contributed by atoms with Crippen molar-refractivity contribution in [2.45, 2.75) is 6.92 Å². The minimum Gasteiger partial charge on any atom is -0.143 e. The molecule has 74 valence electrons. The summed E-state index contributed by atoms with van der Waals surface area (Å²) in [7, 11) is 0. The molecule has 0 aliphatic heterocycles. The van der Waals surface area contributed by atoms with Gasteiger partial charge in [0.2, 0.25) is 0 Å². The van der Waals surface area contributed by atoms with Crippen LogP contribution in [-0.2, 0) is 0 Å². The molecule has 0 nitrogen and oxygen atoms in total. The molecular weight excluding hydrogens is 220 g/mol. The highest BCUT2D eigenvalue weighted by Gasteiger charge is 2.01. The predicted octanol–water partition coefficient (Wildman–Crippen LogP) is 4.40. The van der Waals surface area contributed by atoms with E-state index < -0.39 is 0 Å². The van der Waals surface area contributed by atoms with Crippen LogP contribution in [0.3, 0.4) is 0 Å². The van der Waals surface area contributed by atoms with E-state index >= 15 is 0 Å². The van der Waals surface area contributed by atoms with Gasteiger partial charge in [0, 0.05) is 9.75 Å². The number of hydrogen-bond acceptors (Lipinski definition) is 2. The molecule has 2 aromatic rings. The van der Waals surface area contributed by atoms with Crippen molar-refractivity contribution in [3.8, 4) is 21.6 Å². The first kappa shape index (κ1) is 10.2. The Morgan fingerprint density at radius 3 is 2.87 bits per heavy atom. The number of allylic oxidation sites excluding steroid dienone is 2. The van der Waals surface area contributed by atoms with E-state index in [1.165, 1.54) is 9.75 Å². The van der Waals surface area contributed by atoms with Gasteiger partial charge in [-0.3, -0.25) is 0 Å². The van der Waals surface area contributed by atoms with Crippen molar-refractivity contribution in [1.29, 1.82) is 0 Å². The van der Waals surface area contributed by atoms with E-state index in [9.17, 15) is 0 Å². The minimum absolute atomic E-state index is 1.12. The van der Waals surface area contributed by atoms with Crippen LogP contribution in [0.4, 0.5) is 0 Å². The molecule has 15 heavy (non-hydrogen) atoms. The van der Waals surface area contributed by atoms with E-state index in [1.807, 2.05) is 19.1 Å². The number of rotatable bonds is 1. The normalized spacial score (nSPS) is 10.2. The van der Waals surface area contributed by atoms with Crippen LogP contribution >= 0.6 is 22.7 Å². The summed E-state index contributed by atoms with van der Waals surface area (Å²) < 4.78 is 0. The van der Waals surface area contributed by atoms with E-state index in [1.54, 1.807) is 22.7 Å². The quantitative estimate of drug-likeness (QED) is 0.637. The van der Waals surface area contributed by atoms with Crippen LogP contribution in [0, 0.1) is 11.8 Å². The van der Waals surface area contributed by atoms with Gasteiger partial charge in [-0.25, -0.2) is 0 Å². The van der Waals surface area contributed by atoms with Gasteiger partial charge >= 0.3 is 0 Å². The van der Waals surface area contributed by atoms with Crippen molar-refractivity contribution in [2.24, 2.45) is 0 Å². The Morgan fingerprint density at radius 1 is 1.20 bits per heavy atom. The van der Waals surface area contributed by atoms with E-state index in [-0.39, 0.29) is 0 Å². The van der Waals surface area contributed by atoms with E-state index in [0.717, 1.165) is 4.88 Å². The lowest BCUT2D eigenvalue weighted by atomic mass is 10.3. The molecule has 0 fully saturated rings. The molecule has 0 bridgehead atoms. The van der Waals surface area contributed by atoms with Crippen LogP contribution in [0.5, 0.6) is 0 Å². The fourth-order valence-electron chi connectivity index (χ4n) is 1.15. The molecule has 0 radical (unpaired) electrons. The first-order valence-electron chi connectivity index (χ1n) is 4.66. The van der Waals surface area contributed by atoms with Crippen molar-refractivity contribution in [3.63, 3.8) is 0 Å². The molecule has 0 N–H and O–H groups in total. The van der Waals surface area contributed by atoms with Crippen LogP contribution in [0.2, 0.25) is 0 Å². The highest BCUT2D eigenvalue weighted by atomic mass is 32.1. The maximum Gasteiger partial charge on any atom is 0.0778 e. The molecule has 2 heteroatoms. The molecule has 0 aliphatic rings. The number of hydrogen-bond donors (Lipinski definition) is 0. The second-order valence-corrected chi connectivity index (χ2v) is 4.94. The Bertz CT molecular complexity index is 504. The standard InChI is InChI=1S/C13H10S2/c1-2-3-4-6-11-8-9-13(15-11)12-7-5-10-14-12/h2-3,5,7-10H,1H3. The van der Waals surface area contributed by atoms with Gasteiger partial charge < -0.3 is 0 Å². The van der Waals surface area contributed by atoms with Crippen LogP contribution in [0.1, 0.15) is 11.8 Å². The lowest BCUT2D eigenvalue weighted by Gasteiger charge is -1.86. The van der Waals surface area contributed by atoms with Gasteiger partial charge in [-0.2, -0.15) is 0 Å². The van der Waals surface area contributed by atoms with E-state index in [4.69, 9.17) is 0 Å². The van der Waals surface area contributed by atoms with Gasteiger partial charge in [0.1, 0.15) is 0 Å². The molecule has 0 unspecified atom stereocenters. The molecular formula is C13H10S2. The third-order valence-electron chi connectivity index (χ3n) is 1.82. The fraction of sp³-hybridized carbons (Fsp3) is 0.0769. The van der Waals surface area contributed by atoms with Gasteiger partial charge in [-0.05, 0) is 36.6 Å². The van der Waals surface area contributed by atoms with Crippen LogP contribution in [0.15, 0.2) is 41.8 Å². The Hall–Kier alpha value is -1.30. The first-order valence-corrected chi connectivity index (χ1v) is 6.36. The van der Waals surface area contributed by atoms with E-state index in [2.05, 4.69) is 41.5 Å². The lowest BCUT2D eigenvalue weighted by molar-refractivity contribution is 1.76. The molecule has 0 aromatic carbocycles. The lowest BCUT2D eigenvalue weighted by Crippen LogP contribution is -1.57. The smallest absolute Gasteiger partial charge is 0.0778 e. The van der Waals surface area contributed by atoms with Crippen LogP contribution in [0.25, 0.3) is 9.75 Å². The predicted molar refractivity (Wildman–Crippen MR) is 69.3 cm³/mol. The third kappa shape index (κ3) is 2.59. The van der Waals surface area contributed by atoms with Gasteiger partial charge in [-0.15, -0.1) is 22.7 Å². The van der Waals surface area contributed by atoms with Crippen molar-refractivity contribution < 1.29 is 0 Å². The molecule has 0 amide bonds. The molecule has 0 atom stereocenters. The van der Waals surface area contributed by atoms with Crippen LogP contribution in [-0.4, -0.2) is 0 Å². The summed E-state index contributed by atoms with van der Waals surface area (Å²) in [5.41, 5.74) is 0. The minimum atomic E-state index is 1.12. The van der Waals surface area contributed by atoms with Gasteiger partial charge in [0.25, 0.3) is 0 Å². The topological polar surface area (TPSA) is 0 Å². The van der Waals surface area contributed by atoms with Crippen molar-refractivity contribution >= 4 is 22.7 Å².